The third-order valence-corrected chi connectivity index (χ3v) is 4.13. The number of nitrogens with zero attached hydrogens (tertiary/aromatic N) is 1. The summed E-state index contributed by atoms with van der Waals surface area (Å²) in [5, 5.41) is 0. The van der Waals surface area contributed by atoms with Gasteiger partial charge in [0.1, 0.15) is 5.75 Å². The number of hydrogen-bond acceptors (Lipinski definition) is 2. The average molecular weight is 296 g/mol. The van der Waals surface area contributed by atoms with Crippen molar-refractivity contribution >= 4 is 17.5 Å². The Bertz CT molecular complexity index is 446. The first-order valence-corrected chi connectivity index (χ1v) is 7.76. The number of ether oxygens (including phenoxy) is 1. The van der Waals surface area contributed by atoms with E-state index >= 15 is 0 Å². The van der Waals surface area contributed by atoms with E-state index in [1.807, 2.05) is 29.2 Å². The monoisotopic (exact) mass is 295 g/mol. The molecule has 0 atom stereocenters. The molecule has 1 fully saturated rings. The van der Waals surface area contributed by atoms with Gasteiger partial charge in [0, 0.05) is 18.5 Å². The maximum Gasteiger partial charge on any atom is 0.227 e. The minimum absolute atomic E-state index is 0.202. The predicted molar refractivity (Wildman–Crippen MR) is 81.4 cm³/mol. The van der Waals surface area contributed by atoms with Gasteiger partial charge in [-0.2, -0.15) is 0 Å². The summed E-state index contributed by atoms with van der Waals surface area (Å²) < 4.78 is 5.20. The van der Waals surface area contributed by atoms with Crippen molar-refractivity contribution in [1.82, 2.24) is 4.90 Å². The molecule has 0 spiro atoms. The molecule has 0 saturated heterocycles. The molecule has 20 heavy (non-hydrogen) atoms. The van der Waals surface area contributed by atoms with Gasteiger partial charge in [0.05, 0.1) is 13.5 Å². The van der Waals surface area contributed by atoms with E-state index in [0.717, 1.165) is 37.1 Å². The standard InChI is InChI=1S/C16H22ClNO2/c1-20-15-8-2-5-13(11-15)12-16(19)18(10-4-9-17)14-6-3-7-14/h2,5,8,11,14H,3-4,6-7,9-10,12H2,1H3. The Morgan fingerprint density at radius 2 is 2.25 bits per heavy atom. The second kappa shape index (κ2) is 7.53. The molecule has 110 valence electrons. The van der Waals surface area contributed by atoms with E-state index in [0.29, 0.717) is 18.3 Å². The summed E-state index contributed by atoms with van der Waals surface area (Å²) in [4.78, 5) is 14.5. The molecule has 1 aromatic rings. The number of alkyl halides is 1. The minimum Gasteiger partial charge on any atom is -0.497 e. The zero-order chi connectivity index (χ0) is 14.4. The van der Waals surface area contributed by atoms with Crippen LogP contribution in [0.15, 0.2) is 24.3 Å². The maximum absolute atomic E-state index is 12.5. The van der Waals surface area contributed by atoms with Crippen LogP contribution in [-0.2, 0) is 11.2 Å². The number of rotatable bonds is 7. The van der Waals surface area contributed by atoms with Crippen LogP contribution < -0.4 is 4.74 Å². The Morgan fingerprint density at radius 1 is 1.45 bits per heavy atom. The van der Waals surface area contributed by atoms with E-state index in [1.165, 1.54) is 6.42 Å². The van der Waals surface area contributed by atoms with E-state index in [-0.39, 0.29) is 5.91 Å². The normalized spacial score (nSPS) is 14.7. The van der Waals surface area contributed by atoms with E-state index in [2.05, 4.69) is 0 Å². The summed E-state index contributed by atoms with van der Waals surface area (Å²) in [7, 11) is 1.64. The molecule has 0 bridgehead atoms. The molecule has 0 N–H and O–H groups in total. The first-order chi connectivity index (χ1) is 9.74. The van der Waals surface area contributed by atoms with Gasteiger partial charge in [-0.25, -0.2) is 0 Å². The Morgan fingerprint density at radius 3 is 2.85 bits per heavy atom. The number of hydrogen-bond donors (Lipinski definition) is 0. The van der Waals surface area contributed by atoms with E-state index in [1.54, 1.807) is 7.11 Å². The van der Waals surface area contributed by atoms with Crippen LogP contribution in [0, 0.1) is 0 Å². The van der Waals surface area contributed by atoms with Crippen molar-refractivity contribution in [2.45, 2.75) is 38.1 Å². The van der Waals surface area contributed by atoms with Gasteiger partial charge in [0.2, 0.25) is 5.91 Å². The van der Waals surface area contributed by atoms with Gasteiger partial charge in [0.15, 0.2) is 0 Å². The van der Waals surface area contributed by atoms with Gasteiger partial charge >= 0.3 is 0 Å². The lowest BCUT2D eigenvalue weighted by Gasteiger charge is -2.37. The maximum atomic E-state index is 12.5. The van der Waals surface area contributed by atoms with Crippen LogP contribution in [0.1, 0.15) is 31.2 Å². The third-order valence-electron chi connectivity index (χ3n) is 3.86. The van der Waals surface area contributed by atoms with Crippen LogP contribution in [0.3, 0.4) is 0 Å². The molecule has 0 aliphatic heterocycles. The molecule has 1 saturated carbocycles. The topological polar surface area (TPSA) is 29.5 Å². The summed E-state index contributed by atoms with van der Waals surface area (Å²) in [6, 6.07) is 8.15. The lowest BCUT2D eigenvalue weighted by Crippen LogP contribution is -2.45. The van der Waals surface area contributed by atoms with Crippen LogP contribution in [0.4, 0.5) is 0 Å². The fraction of sp³-hybridized carbons (Fsp3) is 0.562. The summed E-state index contributed by atoms with van der Waals surface area (Å²) >= 11 is 5.76. The highest BCUT2D eigenvalue weighted by Gasteiger charge is 2.28. The van der Waals surface area contributed by atoms with Crippen LogP contribution >= 0.6 is 11.6 Å². The number of methoxy groups -OCH3 is 1. The lowest BCUT2D eigenvalue weighted by atomic mass is 9.91. The largest absolute Gasteiger partial charge is 0.497 e. The average Bonchev–Trinajstić information content (AvgIpc) is 2.41. The van der Waals surface area contributed by atoms with Crippen LogP contribution in [0.5, 0.6) is 5.75 Å². The van der Waals surface area contributed by atoms with Crippen molar-refractivity contribution < 1.29 is 9.53 Å². The first-order valence-electron chi connectivity index (χ1n) is 7.23. The third kappa shape index (κ3) is 3.89. The molecule has 1 amide bonds. The van der Waals surface area contributed by atoms with Crippen molar-refractivity contribution in [2.24, 2.45) is 0 Å². The van der Waals surface area contributed by atoms with Crippen LogP contribution in [0.25, 0.3) is 0 Å². The van der Waals surface area contributed by atoms with E-state index in [9.17, 15) is 4.79 Å². The quantitative estimate of drug-likeness (QED) is 0.723. The molecular formula is C16H22ClNO2. The van der Waals surface area contributed by atoms with Crippen molar-refractivity contribution in [2.75, 3.05) is 19.5 Å². The molecule has 4 heteroatoms. The van der Waals surface area contributed by atoms with Crippen molar-refractivity contribution in [3.8, 4) is 5.75 Å². The highest BCUT2D eigenvalue weighted by atomic mass is 35.5. The van der Waals surface area contributed by atoms with E-state index < -0.39 is 0 Å². The van der Waals surface area contributed by atoms with Crippen molar-refractivity contribution in [3.05, 3.63) is 29.8 Å². The lowest BCUT2D eigenvalue weighted by molar-refractivity contribution is -0.134. The number of carbonyl (C=O) groups is 1. The molecule has 3 nitrogen and oxygen atoms in total. The van der Waals surface area contributed by atoms with Gasteiger partial charge in [-0.3, -0.25) is 4.79 Å². The number of halogens is 1. The predicted octanol–water partition coefficient (Wildman–Crippen LogP) is 3.25. The summed E-state index contributed by atoms with van der Waals surface area (Å²) in [5.41, 5.74) is 1.00. The van der Waals surface area contributed by atoms with Crippen LogP contribution in [-0.4, -0.2) is 36.4 Å². The molecule has 0 heterocycles. The van der Waals surface area contributed by atoms with Crippen molar-refractivity contribution in [3.63, 3.8) is 0 Å². The fourth-order valence-corrected chi connectivity index (χ4v) is 2.62. The SMILES string of the molecule is COc1cccc(CC(=O)N(CCCCl)C2CCC2)c1. The summed E-state index contributed by atoms with van der Waals surface area (Å²) in [6.07, 6.45) is 4.80. The summed E-state index contributed by atoms with van der Waals surface area (Å²) in [5.74, 6) is 1.61. The first kappa shape index (κ1) is 15.2. The Hall–Kier alpha value is -1.22. The summed E-state index contributed by atoms with van der Waals surface area (Å²) in [6.45, 7) is 0.775. The molecule has 2 rings (SSSR count). The number of amides is 1. The molecule has 1 aromatic carbocycles. The number of carbonyl (C=O) groups excluding carboxylic acids is 1. The zero-order valence-corrected chi connectivity index (χ0v) is 12.7. The Balaban J connectivity index is 1.99. The number of benzene rings is 1. The van der Waals surface area contributed by atoms with Crippen LogP contribution in [0.2, 0.25) is 0 Å². The van der Waals surface area contributed by atoms with Gasteiger partial charge < -0.3 is 9.64 Å². The zero-order valence-electron chi connectivity index (χ0n) is 12.0. The molecule has 1 aliphatic carbocycles. The second-order valence-corrected chi connectivity index (χ2v) is 5.62. The highest BCUT2D eigenvalue weighted by molar-refractivity contribution is 6.17. The second-order valence-electron chi connectivity index (χ2n) is 5.24. The minimum atomic E-state index is 0.202. The molecule has 0 unspecified atom stereocenters. The highest BCUT2D eigenvalue weighted by Crippen LogP contribution is 2.26. The molecule has 0 aromatic heterocycles. The van der Waals surface area contributed by atoms with Gasteiger partial charge in [0.25, 0.3) is 0 Å². The molecular weight excluding hydrogens is 274 g/mol. The van der Waals surface area contributed by atoms with Gasteiger partial charge in [-0.1, -0.05) is 12.1 Å². The van der Waals surface area contributed by atoms with E-state index in [4.69, 9.17) is 16.3 Å². The fourth-order valence-electron chi connectivity index (χ4n) is 2.50. The van der Waals surface area contributed by atoms with Gasteiger partial charge in [-0.05, 0) is 43.4 Å². The Kier molecular flexibility index (Phi) is 5.72. The molecule has 0 radical (unpaired) electrons. The van der Waals surface area contributed by atoms with Gasteiger partial charge in [-0.15, -0.1) is 11.6 Å². The van der Waals surface area contributed by atoms with Crippen molar-refractivity contribution in [1.29, 1.82) is 0 Å². The Labute approximate surface area is 125 Å². The smallest absolute Gasteiger partial charge is 0.227 e. The molecule has 1 aliphatic rings.